The summed E-state index contributed by atoms with van der Waals surface area (Å²) in [5.41, 5.74) is 0. The largest absolute Gasteiger partial charge is 0.387 e. The van der Waals surface area contributed by atoms with Gasteiger partial charge in [0.2, 0.25) is 5.91 Å². The molecule has 0 aromatic carbocycles. The van der Waals surface area contributed by atoms with E-state index in [1.54, 1.807) is 6.08 Å². The molecule has 0 aliphatic rings. The van der Waals surface area contributed by atoms with E-state index in [1.165, 1.54) is 231 Å². The Balaban J connectivity index is 3.74. The smallest absolute Gasteiger partial charge is 0.267 e. The van der Waals surface area contributed by atoms with Crippen molar-refractivity contribution < 1.29 is 22.9 Å². The van der Waals surface area contributed by atoms with Crippen LogP contribution >= 0.6 is 0 Å². The van der Waals surface area contributed by atoms with Crippen molar-refractivity contribution >= 4 is 16.0 Å². The second-order valence-corrected chi connectivity index (χ2v) is 19.7. The average Bonchev–Trinajstić information content (AvgIpc) is 3.19. The zero-order valence-corrected chi connectivity index (χ0v) is 39.8. The Bertz CT molecular complexity index is 970. The fraction of sp³-hybridized carbons (Fsp3) is 0.941. The lowest BCUT2D eigenvalue weighted by Gasteiger charge is -2.21. The first kappa shape index (κ1) is 57.1. The highest BCUT2D eigenvalue weighted by molar-refractivity contribution is 7.85. The van der Waals surface area contributed by atoms with Gasteiger partial charge >= 0.3 is 0 Å². The van der Waals surface area contributed by atoms with E-state index in [0.29, 0.717) is 6.42 Å². The van der Waals surface area contributed by atoms with Gasteiger partial charge in [-0.05, 0) is 19.3 Å². The van der Waals surface area contributed by atoms with E-state index in [4.69, 9.17) is 0 Å². The predicted octanol–water partition coefficient (Wildman–Crippen LogP) is 16.1. The molecule has 0 spiro atoms. The zero-order valence-electron chi connectivity index (χ0n) is 38.9. The van der Waals surface area contributed by atoms with Gasteiger partial charge in [0.05, 0.1) is 17.9 Å². The number of carbonyl (C=O) groups excluding carboxylic acids is 1. The van der Waals surface area contributed by atoms with Gasteiger partial charge in [0.15, 0.2) is 0 Å². The molecule has 1 amide bonds. The maximum atomic E-state index is 12.6. The Morgan fingerprint density at radius 2 is 0.707 bits per heavy atom. The van der Waals surface area contributed by atoms with Crippen LogP contribution in [-0.4, -0.2) is 41.9 Å². The molecule has 0 aliphatic heterocycles. The molecule has 0 aromatic heterocycles. The van der Waals surface area contributed by atoms with Crippen LogP contribution in [0.5, 0.6) is 0 Å². The number of allylic oxidation sites excluding steroid dienone is 1. The number of hydrogen-bond donors (Lipinski definition) is 3. The summed E-state index contributed by atoms with van der Waals surface area (Å²) < 4.78 is 32.7. The van der Waals surface area contributed by atoms with Gasteiger partial charge in [0, 0.05) is 6.42 Å². The first-order valence-corrected chi connectivity index (χ1v) is 27.5. The highest BCUT2D eigenvalue weighted by Gasteiger charge is 2.24. The normalized spacial score (nSPS) is 13.1. The lowest BCUT2D eigenvalue weighted by atomic mass is 10.0. The van der Waals surface area contributed by atoms with Gasteiger partial charge in [-0.1, -0.05) is 276 Å². The van der Waals surface area contributed by atoms with Crippen molar-refractivity contribution in [3.8, 4) is 0 Å². The van der Waals surface area contributed by atoms with E-state index in [1.807, 2.05) is 6.08 Å². The molecule has 2 atom stereocenters. The van der Waals surface area contributed by atoms with Crippen molar-refractivity contribution in [1.29, 1.82) is 0 Å². The van der Waals surface area contributed by atoms with Crippen LogP contribution in [0.25, 0.3) is 0 Å². The molecule has 7 heteroatoms. The molecular formula is C51H101NO5S. The molecule has 58 heavy (non-hydrogen) atoms. The second kappa shape index (κ2) is 45.6. The third-order valence-electron chi connectivity index (χ3n) is 12.2. The van der Waals surface area contributed by atoms with E-state index < -0.39 is 28.0 Å². The fourth-order valence-corrected chi connectivity index (χ4v) is 9.07. The predicted molar refractivity (Wildman–Crippen MR) is 253 cm³/mol. The zero-order chi connectivity index (χ0) is 42.5. The van der Waals surface area contributed by atoms with Crippen LogP contribution in [-0.2, 0) is 14.9 Å². The number of nitrogens with one attached hydrogen (secondary N) is 1. The molecule has 3 N–H and O–H groups in total. The standard InChI is InChI=1S/C51H101NO5S/c1-3-5-7-9-11-13-15-17-19-21-23-25-26-27-29-31-33-35-37-39-41-43-45-47-51(54)52-49(48-58(55,56)57)50(53)46-44-42-40-38-36-34-32-30-28-24-22-20-18-16-14-12-10-8-6-4-2/h44,46,49-50,53H,3-43,45,47-48H2,1-2H3,(H,52,54)(H,55,56,57)/b46-44+. The Morgan fingerprint density at radius 3 is 0.983 bits per heavy atom. The number of unbranched alkanes of at least 4 members (excludes halogenated alkanes) is 40. The van der Waals surface area contributed by atoms with Gasteiger partial charge in [-0.2, -0.15) is 8.42 Å². The van der Waals surface area contributed by atoms with Gasteiger partial charge in [-0.15, -0.1) is 0 Å². The van der Waals surface area contributed by atoms with E-state index in [2.05, 4.69) is 19.2 Å². The number of carbonyl (C=O) groups is 1. The molecule has 346 valence electrons. The van der Waals surface area contributed by atoms with Crippen molar-refractivity contribution in [1.82, 2.24) is 5.32 Å². The Labute approximate surface area is 362 Å². The van der Waals surface area contributed by atoms with Gasteiger partial charge in [-0.25, -0.2) is 0 Å². The lowest BCUT2D eigenvalue weighted by Crippen LogP contribution is -2.46. The fourth-order valence-electron chi connectivity index (χ4n) is 8.34. The Kier molecular flexibility index (Phi) is 44.9. The van der Waals surface area contributed by atoms with Crippen LogP contribution in [0, 0.1) is 0 Å². The summed E-state index contributed by atoms with van der Waals surface area (Å²) in [5.74, 6) is -0.962. The summed E-state index contributed by atoms with van der Waals surface area (Å²) in [7, 11) is -4.34. The van der Waals surface area contributed by atoms with Crippen molar-refractivity contribution in [3.05, 3.63) is 12.2 Å². The van der Waals surface area contributed by atoms with Crippen LogP contribution in [0.2, 0.25) is 0 Å². The molecule has 0 saturated heterocycles. The topological polar surface area (TPSA) is 104 Å². The monoisotopic (exact) mass is 840 g/mol. The van der Waals surface area contributed by atoms with Crippen LogP contribution in [0.3, 0.4) is 0 Å². The molecule has 0 rings (SSSR count). The minimum Gasteiger partial charge on any atom is -0.387 e. The SMILES string of the molecule is CCCCCCCCCCCCCCCCCCCC/C=C/C(O)C(CS(=O)(=O)O)NC(=O)CCCCCCCCCCCCCCCCCCCCCCCCC. The Morgan fingerprint density at radius 1 is 0.448 bits per heavy atom. The minimum atomic E-state index is -4.34. The molecule has 0 aliphatic carbocycles. The second-order valence-electron chi connectivity index (χ2n) is 18.2. The summed E-state index contributed by atoms with van der Waals surface area (Å²) in [6.45, 7) is 4.56. The highest BCUT2D eigenvalue weighted by Crippen LogP contribution is 2.17. The summed E-state index contributed by atoms with van der Waals surface area (Å²) in [5, 5.41) is 13.3. The maximum absolute atomic E-state index is 12.6. The van der Waals surface area contributed by atoms with Crippen LogP contribution < -0.4 is 5.32 Å². The molecule has 0 fully saturated rings. The quantitative estimate of drug-likeness (QED) is 0.0322. The molecule has 0 bridgehead atoms. The van der Waals surface area contributed by atoms with Crippen molar-refractivity contribution in [2.45, 2.75) is 302 Å². The number of amides is 1. The van der Waals surface area contributed by atoms with Gasteiger partial charge in [-0.3, -0.25) is 9.35 Å². The molecule has 0 aromatic rings. The van der Waals surface area contributed by atoms with Crippen molar-refractivity contribution in [2.24, 2.45) is 0 Å². The third kappa shape index (κ3) is 46.2. The number of aliphatic hydroxyl groups excluding tert-OH is 1. The van der Waals surface area contributed by atoms with Gasteiger partial charge in [0.1, 0.15) is 0 Å². The number of hydrogen-bond acceptors (Lipinski definition) is 4. The lowest BCUT2D eigenvalue weighted by molar-refractivity contribution is -0.122. The maximum Gasteiger partial charge on any atom is 0.267 e. The van der Waals surface area contributed by atoms with E-state index in [0.717, 1.165) is 38.5 Å². The van der Waals surface area contributed by atoms with E-state index >= 15 is 0 Å². The molecular weight excluding hydrogens is 739 g/mol. The Hall–Kier alpha value is -0.920. The van der Waals surface area contributed by atoms with Crippen LogP contribution in [0.15, 0.2) is 12.2 Å². The summed E-state index contributed by atoms with van der Waals surface area (Å²) in [6.07, 6.45) is 57.9. The third-order valence-corrected chi connectivity index (χ3v) is 13.0. The number of rotatable bonds is 48. The summed E-state index contributed by atoms with van der Waals surface area (Å²) >= 11 is 0. The van der Waals surface area contributed by atoms with Crippen molar-refractivity contribution in [3.63, 3.8) is 0 Å². The first-order valence-electron chi connectivity index (χ1n) is 25.9. The minimum absolute atomic E-state index is 0.270. The molecule has 6 nitrogen and oxygen atoms in total. The van der Waals surface area contributed by atoms with Gasteiger partial charge < -0.3 is 10.4 Å². The molecule has 0 heterocycles. The van der Waals surface area contributed by atoms with E-state index in [-0.39, 0.29) is 5.91 Å². The first-order chi connectivity index (χ1) is 28.3. The highest BCUT2D eigenvalue weighted by atomic mass is 32.2. The van der Waals surface area contributed by atoms with E-state index in [9.17, 15) is 22.9 Å². The summed E-state index contributed by atoms with van der Waals surface area (Å²) in [6, 6.07) is -1.05. The molecule has 0 saturated carbocycles. The van der Waals surface area contributed by atoms with Gasteiger partial charge in [0.25, 0.3) is 10.1 Å². The van der Waals surface area contributed by atoms with Crippen LogP contribution in [0.4, 0.5) is 0 Å². The van der Waals surface area contributed by atoms with Crippen molar-refractivity contribution in [2.75, 3.05) is 5.75 Å². The average molecular weight is 840 g/mol. The van der Waals surface area contributed by atoms with Crippen LogP contribution in [0.1, 0.15) is 290 Å². The molecule has 2 unspecified atom stereocenters. The molecule has 0 radical (unpaired) electrons. The summed E-state index contributed by atoms with van der Waals surface area (Å²) in [4.78, 5) is 12.6. The number of aliphatic hydroxyl groups is 1.